The van der Waals surface area contributed by atoms with Crippen LogP contribution in [0.15, 0.2) is 11.6 Å². The third-order valence-electron chi connectivity index (χ3n) is 11.9. The van der Waals surface area contributed by atoms with Gasteiger partial charge in [-0.25, -0.2) is 4.79 Å². The zero-order valence-corrected chi connectivity index (χ0v) is 23.2. The summed E-state index contributed by atoms with van der Waals surface area (Å²) in [6.07, 6.45) is 16.0. The van der Waals surface area contributed by atoms with E-state index in [1.54, 1.807) is 0 Å². The van der Waals surface area contributed by atoms with E-state index in [0.717, 1.165) is 54.8 Å². The summed E-state index contributed by atoms with van der Waals surface area (Å²) in [5, 5.41) is 4.63. The first-order valence-corrected chi connectivity index (χ1v) is 14.9. The molecule has 0 aromatic heterocycles. The molecule has 5 aliphatic rings. The van der Waals surface area contributed by atoms with E-state index in [1.807, 2.05) is 0 Å². The average molecular weight is 497 g/mol. The average Bonchev–Trinajstić information content (AvgIpc) is 3.15. The molecule has 1 aliphatic heterocycles. The molecule has 1 heterocycles. The number of urea groups is 1. The monoisotopic (exact) mass is 496 g/mol. The normalized spacial score (nSPS) is 41.7. The number of rotatable bonds is 6. The van der Waals surface area contributed by atoms with E-state index in [9.17, 15) is 14.4 Å². The Morgan fingerprint density at radius 1 is 0.917 bits per heavy atom. The van der Waals surface area contributed by atoms with Crippen LogP contribution < -0.4 is 10.6 Å². The quantitative estimate of drug-likeness (QED) is 0.320. The summed E-state index contributed by atoms with van der Waals surface area (Å²) < 4.78 is 0. The summed E-state index contributed by atoms with van der Waals surface area (Å²) in [6, 6.07) is -0.684. The van der Waals surface area contributed by atoms with Gasteiger partial charge in [0.15, 0.2) is 0 Å². The topological polar surface area (TPSA) is 75.3 Å². The fourth-order valence-electron chi connectivity index (χ4n) is 9.96. The highest BCUT2D eigenvalue weighted by atomic mass is 16.2. The van der Waals surface area contributed by atoms with Crippen molar-refractivity contribution in [2.24, 2.45) is 58.2 Å². The van der Waals surface area contributed by atoms with Crippen LogP contribution in [-0.4, -0.2) is 17.8 Å². The summed E-state index contributed by atoms with van der Waals surface area (Å²) >= 11 is 0. The lowest BCUT2D eigenvalue weighted by molar-refractivity contribution is -0.139. The lowest BCUT2D eigenvalue weighted by Gasteiger charge is -2.59. The first-order valence-electron chi connectivity index (χ1n) is 14.9. The van der Waals surface area contributed by atoms with Crippen LogP contribution >= 0.6 is 0 Å². The molecule has 4 amide bonds. The smallest absolute Gasteiger partial charge is 0.277 e. The molecule has 0 aromatic carbocycles. The SMILES string of the molecule is CC(C)CCC[C@H](C)[C@H]1CC[C@H]2[C@@H]3CC=C4C[C@@H](C5C(=O)NC(=O)NC5=O)CC[C@]4(C)[C@H]3CC[C@]12C. The van der Waals surface area contributed by atoms with Gasteiger partial charge in [-0.1, -0.05) is 65.5 Å². The van der Waals surface area contributed by atoms with Crippen molar-refractivity contribution in [2.45, 2.75) is 105 Å². The molecule has 0 aromatic rings. The fourth-order valence-corrected chi connectivity index (χ4v) is 9.96. The maximum Gasteiger partial charge on any atom is 0.328 e. The highest BCUT2D eigenvalue weighted by Crippen LogP contribution is 2.67. The fraction of sp³-hybridized carbons (Fsp3) is 0.839. The number of allylic oxidation sites excluding steroid dienone is 2. The largest absolute Gasteiger partial charge is 0.328 e. The zero-order chi connectivity index (χ0) is 25.8. The van der Waals surface area contributed by atoms with E-state index < -0.39 is 23.8 Å². The molecule has 36 heavy (non-hydrogen) atoms. The van der Waals surface area contributed by atoms with Crippen LogP contribution in [0.1, 0.15) is 105 Å². The Hall–Kier alpha value is -1.65. The molecule has 0 radical (unpaired) electrons. The number of hydrogen-bond donors (Lipinski definition) is 2. The Bertz CT molecular complexity index is 920. The van der Waals surface area contributed by atoms with E-state index >= 15 is 0 Å². The van der Waals surface area contributed by atoms with Crippen molar-refractivity contribution < 1.29 is 14.4 Å². The number of carbonyl (C=O) groups is 3. The van der Waals surface area contributed by atoms with Crippen LogP contribution in [-0.2, 0) is 9.59 Å². The van der Waals surface area contributed by atoms with Crippen molar-refractivity contribution >= 4 is 17.8 Å². The lowest BCUT2D eigenvalue weighted by atomic mass is 9.46. The van der Waals surface area contributed by atoms with E-state index in [0.29, 0.717) is 5.41 Å². The molecule has 4 fully saturated rings. The van der Waals surface area contributed by atoms with Crippen LogP contribution in [0.25, 0.3) is 0 Å². The molecule has 5 rings (SSSR count). The van der Waals surface area contributed by atoms with Crippen molar-refractivity contribution in [3.05, 3.63) is 11.6 Å². The van der Waals surface area contributed by atoms with Crippen LogP contribution in [0.3, 0.4) is 0 Å². The first kappa shape index (κ1) is 26.0. The molecule has 1 saturated heterocycles. The van der Waals surface area contributed by atoms with Gasteiger partial charge in [-0.15, -0.1) is 0 Å². The Labute approximate surface area is 218 Å². The third-order valence-corrected chi connectivity index (χ3v) is 11.9. The van der Waals surface area contributed by atoms with E-state index in [4.69, 9.17) is 0 Å². The Morgan fingerprint density at radius 2 is 1.64 bits per heavy atom. The van der Waals surface area contributed by atoms with Gasteiger partial charge in [0.1, 0.15) is 5.92 Å². The second-order valence-electron chi connectivity index (χ2n) is 14.1. The van der Waals surface area contributed by atoms with Gasteiger partial charge >= 0.3 is 6.03 Å². The summed E-state index contributed by atoms with van der Waals surface area (Å²) in [6.45, 7) is 12.4. The molecular weight excluding hydrogens is 448 g/mol. The van der Waals surface area contributed by atoms with Crippen LogP contribution in [0.4, 0.5) is 4.79 Å². The summed E-state index contributed by atoms with van der Waals surface area (Å²) in [4.78, 5) is 36.6. The molecule has 3 saturated carbocycles. The van der Waals surface area contributed by atoms with Gasteiger partial charge in [0, 0.05) is 0 Å². The van der Waals surface area contributed by atoms with Gasteiger partial charge in [0.25, 0.3) is 0 Å². The second-order valence-corrected chi connectivity index (χ2v) is 14.1. The summed E-state index contributed by atoms with van der Waals surface area (Å²) in [5.41, 5.74) is 2.17. The number of hydrogen-bond acceptors (Lipinski definition) is 3. The predicted molar refractivity (Wildman–Crippen MR) is 142 cm³/mol. The number of barbiturate groups is 1. The minimum atomic E-state index is -0.742. The molecule has 0 unspecified atom stereocenters. The lowest BCUT2D eigenvalue weighted by Crippen LogP contribution is -2.58. The molecular formula is C31H48N2O3. The van der Waals surface area contributed by atoms with Gasteiger partial charge in [-0.3, -0.25) is 20.2 Å². The van der Waals surface area contributed by atoms with Crippen molar-refractivity contribution in [1.29, 1.82) is 0 Å². The Kier molecular flexibility index (Phi) is 6.91. The maximum absolute atomic E-state index is 12.5. The molecule has 2 N–H and O–H groups in total. The number of fused-ring (bicyclic) bond motifs is 5. The molecule has 5 nitrogen and oxygen atoms in total. The van der Waals surface area contributed by atoms with E-state index in [1.165, 1.54) is 56.9 Å². The predicted octanol–water partition coefficient (Wildman–Crippen LogP) is 6.63. The van der Waals surface area contributed by atoms with Crippen molar-refractivity contribution in [1.82, 2.24) is 10.6 Å². The highest BCUT2D eigenvalue weighted by molar-refractivity contribution is 6.16. The number of carbonyl (C=O) groups excluding carboxylic acids is 3. The van der Waals surface area contributed by atoms with Gasteiger partial charge in [0.05, 0.1) is 0 Å². The molecule has 200 valence electrons. The molecule has 5 heteroatoms. The number of imide groups is 2. The molecule has 8 atom stereocenters. The standard InChI is InChI=1S/C31H48N2O3/c1-18(2)7-6-8-19(3)23-11-12-24-22-10-9-21-17-20(26-27(34)32-29(36)33-28(26)35)13-15-30(21,4)25(22)14-16-31(23,24)5/h9,18-20,22-26H,6-8,10-17H2,1-5H3,(H2,32,33,34,35,36)/t19-,20-,22-,23+,24-,25-,30-,31+/m0/s1. The Morgan fingerprint density at radius 3 is 2.33 bits per heavy atom. The van der Waals surface area contributed by atoms with Crippen LogP contribution in [0.2, 0.25) is 0 Å². The minimum absolute atomic E-state index is 0.00891. The molecule has 4 aliphatic carbocycles. The van der Waals surface area contributed by atoms with E-state index in [-0.39, 0.29) is 11.3 Å². The molecule has 0 spiro atoms. The highest BCUT2D eigenvalue weighted by Gasteiger charge is 2.59. The van der Waals surface area contributed by atoms with Crippen molar-refractivity contribution in [3.63, 3.8) is 0 Å². The van der Waals surface area contributed by atoms with Gasteiger partial charge in [-0.2, -0.15) is 0 Å². The molecule has 0 bridgehead atoms. The zero-order valence-electron chi connectivity index (χ0n) is 23.2. The second kappa shape index (κ2) is 9.58. The summed E-state index contributed by atoms with van der Waals surface area (Å²) in [7, 11) is 0. The Balaban J connectivity index is 1.30. The minimum Gasteiger partial charge on any atom is -0.277 e. The maximum atomic E-state index is 12.5. The van der Waals surface area contributed by atoms with Crippen molar-refractivity contribution in [2.75, 3.05) is 0 Å². The first-order chi connectivity index (χ1) is 17.0. The number of nitrogens with one attached hydrogen (secondary N) is 2. The van der Waals surface area contributed by atoms with E-state index in [2.05, 4.69) is 51.3 Å². The number of amides is 4. The summed E-state index contributed by atoms with van der Waals surface area (Å²) in [5.74, 6) is 3.26. The van der Waals surface area contributed by atoms with Gasteiger partial charge in [0.2, 0.25) is 11.8 Å². The van der Waals surface area contributed by atoms with Gasteiger partial charge in [-0.05, 0) is 104 Å². The third kappa shape index (κ3) is 4.26. The van der Waals surface area contributed by atoms with Crippen molar-refractivity contribution in [3.8, 4) is 0 Å². The van der Waals surface area contributed by atoms with Gasteiger partial charge < -0.3 is 0 Å². The van der Waals surface area contributed by atoms with Crippen LogP contribution in [0, 0.1) is 58.2 Å². The van der Waals surface area contributed by atoms with Crippen LogP contribution in [0.5, 0.6) is 0 Å².